The van der Waals surface area contributed by atoms with Gasteiger partial charge in [0.25, 0.3) is 17.6 Å². The Morgan fingerprint density at radius 3 is 2.32 bits per heavy atom. The maximum atomic E-state index is 14.3. The van der Waals surface area contributed by atoms with Gasteiger partial charge in [0.1, 0.15) is 11.5 Å². The lowest BCUT2D eigenvalue weighted by molar-refractivity contribution is -0.143. The van der Waals surface area contributed by atoms with Crippen LogP contribution in [0.4, 0.5) is 5.69 Å². The molecule has 1 saturated heterocycles. The number of carbonyl (C=O) groups is 3. The number of ketones is 1. The predicted octanol–water partition coefficient (Wildman–Crippen LogP) is 3.76. The number of aliphatic hydroxyl groups is 1. The molecule has 0 aliphatic carbocycles. The van der Waals surface area contributed by atoms with E-state index < -0.39 is 17.2 Å². The van der Waals surface area contributed by atoms with Crippen LogP contribution in [0.2, 0.25) is 0 Å². The molecule has 2 aliphatic heterocycles. The largest absolute Gasteiger partial charge is 0.507 e. The van der Waals surface area contributed by atoms with Crippen LogP contribution >= 0.6 is 0 Å². The molecule has 8 nitrogen and oxygen atoms in total. The maximum Gasteiger partial charge on any atom is 0.296 e. The highest BCUT2D eigenvalue weighted by atomic mass is 16.5. The van der Waals surface area contributed by atoms with E-state index in [1.54, 1.807) is 41.3 Å². The van der Waals surface area contributed by atoms with Crippen LogP contribution in [0.5, 0.6) is 5.75 Å². The van der Waals surface area contributed by atoms with Crippen molar-refractivity contribution in [2.24, 2.45) is 0 Å². The number of rotatable bonds is 10. The van der Waals surface area contributed by atoms with Crippen LogP contribution in [0.3, 0.4) is 0 Å². The molecule has 196 valence electrons. The van der Waals surface area contributed by atoms with Crippen LogP contribution in [0.15, 0.2) is 54.1 Å². The Balaban J connectivity index is 1.92. The van der Waals surface area contributed by atoms with E-state index >= 15 is 0 Å². The molecule has 8 heteroatoms. The van der Waals surface area contributed by atoms with Crippen molar-refractivity contribution in [1.82, 2.24) is 9.80 Å². The molecule has 2 aliphatic rings. The molecule has 1 N–H and O–H groups in total. The average molecular weight is 506 g/mol. The van der Waals surface area contributed by atoms with Gasteiger partial charge in [-0.25, -0.2) is 0 Å². The number of fused-ring (bicyclic) bond motifs is 2. The van der Waals surface area contributed by atoms with Gasteiger partial charge in [-0.3, -0.25) is 14.4 Å². The van der Waals surface area contributed by atoms with Gasteiger partial charge in [0.05, 0.1) is 17.9 Å². The van der Waals surface area contributed by atoms with E-state index in [9.17, 15) is 19.5 Å². The lowest BCUT2D eigenvalue weighted by Gasteiger charge is -2.34. The summed E-state index contributed by atoms with van der Waals surface area (Å²) in [5.41, 5.74) is -0.354. The van der Waals surface area contributed by atoms with Crippen LogP contribution < -0.4 is 9.64 Å². The maximum absolute atomic E-state index is 14.3. The molecule has 2 aromatic rings. The molecular formula is C29H35N3O5. The molecule has 37 heavy (non-hydrogen) atoms. The van der Waals surface area contributed by atoms with Crippen LogP contribution in [-0.2, 0) is 19.9 Å². The number of ether oxygens (including phenoxy) is 1. The van der Waals surface area contributed by atoms with Gasteiger partial charge in [-0.2, -0.15) is 0 Å². The minimum Gasteiger partial charge on any atom is -0.507 e. The Bertz CT molecular complexity index is 1220. The summed E-state index contributed by atoms with van der Waals surface area (Å²) in [6.45, 7) is 5.84. The molecule has 1 fully saturated rings. The summed E-state index contributed by atoms with van der Waals surface area (Å²) in [6.07, 6.45) is 2.12. The van der Waals surface area contributed by atoms with Crippen LogP contribution in [-0.4, -0.2) is 72.8 Å². The van der Waals surface area contributed by atoms with Crippen LogP contribution in [0.1, 0.15) is 44.2 Å². The van der Waals surface area contributed by atoms with Crippen LogP contribution in [0, 0.1) is 0 Å². The number of anilines is 1. The number of para-hydroxylation sites is 1. The lowest BCUT2D eigenvalue weighted by Crippen LogP contribution is -2.52. The number of Topliss-reactive ketones (excluding diaryl/α,β-unsaturated/α-hetero) is 1. The number of nitrogens with zero attached hydrogens (tertiary/aromatic N) is 3. The molecule has 2 heterocycles. The highest BCUT2D eigenvalue weighted by Crippen LogP contribution is 2.53. The van der Waals surface area contributed by atoms with Crippen LogP contribution in [0.25, 0.3) is 5.76 Å². The molecule has 2 amide bonds. The molecule has 0 bridgehead atoms. The Kier molecular flexibility index (Phi) is 7.68. The number of benzene rings is 2. The number of amides is 2. The van der Waals surface area contributed by atoms with E-state index in [2.05, 4.69) is 0 Å². The molecule has 1 atom stereocenters. The summed E-state index contributed by atoms with van der Waals surface area (Å²) in [6, 6.07) is 13.9. The minimum absolute atomic E-state index is 0.180. The van der Waals surface area contributed by atoms with E-state index in [0.29, 0.717) is 55.1 Å². The SMILES string of the molecule is CCCOc1ccc(/C(O)=C2/C(=O)C(=O)N(CCCN(C)C)C23C(=O)N(CCC)c2ccccc23)cc1. The fourth-order valence-corrected chi connectivity index (χ4v) is 5.23. The van der Waals surface area contributed by atoms with Crippen molar-refractivity contribution in [3.8, 4) is 5.75 Å². The topological polar surface area (TPSA) is 90.4 Å². The first-order chi connectivity index (χ1) is 17.8. The quantitative estimate of drug-likeness (QED) is 0.300. The lowest BCUT2D eigenvalue weighted by atomic mass is 9.82. The highest BCUT2D eigenvalue weighted by molar-refractivity contribution is 6.50. The molecule has 1 spiro atoms. The zero-order valence-corrected chi connectivity index (χ0v) is 22.0. The van der Waals surface area contributed by atoms with E-state index in [1.807, 2.05) is 45.0 Å². The second-order valence-corrected chi connectivity index (χ2v) is 9.72. The van der Waals surface area contributed by atoms with Crippen molar-refractivity contribution in [2.75, 3.05) is 45.2 Å². The van der Waals surface area contributed by atoms with E-state index in [0.717, 1.165) is 6.42 Å². The first-order valence-electron chi connectivity index (χ1n) is 12.9. The summed E-state index contributed by atoms with van der Waals surface area (Å²) in [7, 11) is 3.85. The smallest absolute Gasteiger partial charge is 0.296 e. The Morgan fingerprint density at radius 1 is 0.973 bits per heavy atom. The van der Waals surface area contributed by atoms with Gasteiger partial charge in [0.15, 0.2) is 5.54 Å². The van der Waals surface area contributed by atoms with Gasteiger partial charge in [0.2, 0.25) is 0 Å². The Hall–Kier alpha value is -3.65. The van der Waals surface area contributed by atoms with Gasteiger partial charge in [-0.1, -0.05) is 32.0 Å². The number of aliphatic hydroxyl groups excluding tert-OH is 1. The third kappa shape index (κ3) is 4.39. The monoisotopic (exact) mass is 505 g/mol. The molecule has 4 rings (SSSR count). The van der Waals surface area contributed by atoms with Gasteiger partial charge in [-0.05, 0) is 70.2 Å². The predicted molar refractivity (Wildman–Crippen MR) is 142 cm³/mol. The number of carbonyl (C=O) groups excluding carboxylic acids is 3. The van der Waals surface area contributed by atoms with Gasteiger partial charge in [0, 0.05) is 24.2 Å². The zero-order valence-electron chi connectivity index (χ0n) is 22.0. The van der Waals surface area contributed by atoms with Gasteiger partial charge in [-0.15, -0.1) is 0 Å². The first kappa shape index (κ1) is 26.4. The molecule has 0 radical (unpaired) electrons. The van der Waals surface area contributed by atoms with Crippen molar-refractivity contribution in [2.45, 2.75) is 38.6 Å². The summed E-state index contributed by atoms with van der Waals surface area (Å²) in [5, 5.41) is 11.6. The van der Waals surface area contributed by atoms with Gasteiger partial charge >= 0.3 is 0 Å². The normalized spacial score (nSPS) is 20.4. The molecule has 1 unspecified atom stereocenters. The highest BCUT2D eigenvalue weighted by Gasteiger charge is 2.66. The van der Waals surface area contributed by atoms with Gasteiger partial charge < -0.3 is 24.5 Å². The van der Waals surface area contributed by atoms with Crippen molar-refractivity contribution in [3.05, 3.63) is 65.2 Å². The molecule has 0 saturated carbocycles. The molecule has 0 aromatic heterocycles. The summed E-state index contributed by atoms with van der Waals surface area (Å²) >= 11 is 0. The molecule has 2 aromatic carbocycles. The van der Waals surface area contributed by atoms with E-state index in [-0.39, 0.29) is 23.8 Å². The molecular weight excluding hydrogens is 470 g/mol. The minimum atomic E-state index is -1.71. The van der Waals surface area contributed by atoms with E-state index in [4.69, 9.17) is 4.74 Å². The zero-order chi connectivity index (χ0) is 26.7. The summed E-state index contributed by atoms with van der Waals surface area (Å²) in [4.78, 5) is 46.4. The number of hydrogen-bond acceptors (Lipinski definition) is 6. The number of likely N-dealkylation sites (tertiary alicyclic amines) is 1. The second-order valence-electron chi connectivity index (χ2n) is 9.72. The summed E-state index contributed by atoms with van der Waals surface area (Å²) < 4.78 is 5.64. The fraction of sp³-hybridized carbons (Fsp3) is 0.414. The standard InChI is InChI=1S/C29H35N3O5/c1-5-16-31-23-11-8-7-10-22(23)29(28(31)36)24(26(34)27(35)32(29)18-9-17-30(3)4)25(33)20-12-14-21(15-13-20)37-19-6-2/h7-8,10-15,33H,5-6,9,16-19H2,1-4H3/b25-24+. The third-order valence-electron chi connectivity index (χ3n) is 6.84. The van der Waals surface area contributed by atoms with Crippen molar-refractivity contribution >= 4 is 29.0 Å². The van der Waals surface area contributed by atoms with Crippen molar-refractivity contribution < 1.29 is 24.2 Å². The number of hydrogen-bond donors (Lipinski definition) is 1. The Morgan fingerprint density at radius 2 is 1.68 bits per heavy atom. The fourth-order valence-electron chi connectivity index (χ4n) is 5.23. The first-order valence-corrected chi connectivity index (χ1v) is 12.9. The average Bonchev–Trinajstić information content (AvgIpc) is 3.26. The Labute approximate surface area is 218 Å². The second kappa shape index (κ2) is 10.8. The summed E-state index contributed by atoms with van der Waals surface area (Å²) in [5.74, 6) is -1.74. The van der Waals surface area contributed by atoms with Crippen molar-refractivity contribution in [3.63, 3.8) is 0 Å². The van der Waals surface area contributed by atoms with Crippen molar-refractivity contribution in [1.29, 1.82) is 0 Å². The third-order valence-corrected chi connectivity index (χ3v) is 6.84. The van der Waals surface area contributed by atoms with E-state index in [1.165, 1.54) is 4.90 Å².